The zero-order chi connectivity index (χ0) is 29.8. The van der Waals surface area contributed by atoms with E-state index in [-0.39, 0.29) is 41.0 Å². The van der Waals surface area contributed by atoms with Crippen LogP contribution in [0.4, 0.5) is 5.69 Å². The molecule has 42 heavy (non-hydrogen) atoms. The van der Waals surface area contributed by atoms with E-state index in [0.717, 1.165) is 89.0 Å². The fourth-order valence-electron chi connectivity index (χ4n) is 10.9. The lowest BCUT2D eigenvalue weighted by molar-refractivity contribution is -0.207. The fraction of sp³-hybridized carbons (Fsp3) is 0.800. The van der Waals surface area contributed by atoms with Crippen molar-refractivity contribution in [1.82, 2.24) is 4.90 Å². The molecule has 234 valence electrons. The summed E-state index contributed by atoms with van der Waals surface area (Å²) in [7, 11) is 1.70. The molecular formula is C35H54N2O5. The van der Waals surface area contributed by atoms with Gasteiger partial charge in [0.25, 0.3) is 0 Å². The molecule has 1 aliphatic heterocycles. The van der Waals surface area contributed by atoms with Crippen molar-refractivity contribution in [3.8, 4) is 5.75 Å². The Morgan fingerprint density at radius 1 is 1.00 bits per heavy atom. The molecule has 1 aromatic rings. The van der Waals surface area contributed by atoms with Gasteiger partial charge in [0.1, 0.15) is 5.75 Å². The normalized spacial score (nSPS) is 42.4. The molecule has 0 spiro atoms. The number of fused-ring (bicyclic) bond motifs is 5. The molecule has 11 atom stereocenters. The second kappa shape index (κ2) is 11.6. The molecule has 5 fully saturated rings. The highest BCUT2D eigenvalue weighted by Gasteiger charge is 2.65. The molecule has 1 saturated heterocycles. The Labute approximate surface area is 252 Å². The van der Waals surface area contributed by atoms with Crippen molar-refractivity contribution in [2.24, 2.45) is 46.3 Å². The maximum atomic E-state index is 13.3. The molecule has 3 N–H and O–H groups in total. The molecule has 1 amide bonds. The van der Waals surface area contributed by atoms with Crippen molar-refractivity contribution < 1.29 is 24.9 Å². The minimum atomic E-state index is -0.382. The quantitative estimate of drug-likeness (QED) is 0.450. The smallest absolute Gasteiger partial charge is 0.222 e. The summed E-state index contributed by atoms with van der Waals surface area (Å²) in [6.45, 7) is 10.0. The molecular weight excluding hydrogens is 528 g/mol. The maximum absolute atomic E-state index is 13.3. The molecule has 4 aliphatic carbocycles. The molecule has 7 heteroatoms. The molecule has 0 aromatic heterocycles. The number of piperazine rings is 1. The van der Waals surface area contributed by atoms with Gasteiger partial charge in [-0.05, 0) is 110 Å². The predicted octanol–water partition coefficient (Wildman–Crippen LogP) is 4.72. The minimum Gasteiger partial charge on any atom is -0.495 e. The third kappa shape index (κ3) is 4.95. The van der Waals surface area contributed by atoms with Crippen molar-refractivity contribution in [3.05, 3.63) is 24.3 Å². The third-order valence-corrected chi connectivity index (χ3v) is 13.4. The van der Waals surface area contributed by atoms with Gasteiger partial charge < -0.3 is 29.9 Å². The zero-order valence-corrected chi connectivity index (χ0v) is 26.3. The first kappa shape index (κ1) is 30.2. The van der Waals surface area contributed by atoms with E-state index in [0.29, 0.717) is 36.0 Å². The number of rotatable bonds is 6. The van der Waals surface area contributed by atoms with Crippen LogP contribution in [0.2, 0.25) is 0 Å². The van der Waals surface area contributed by atoms with Crippen molar-refractivity contribution >= 4 is 11.6 Å². The van der Waals surface area contributed by atoms with E-state index in [9.17, 15) is 20.1 Å². The Morgan fingerprint density at radius 2 is 1.74 bits per heavy atom. The molecule has 11 unspecified atom stereocenters. The highest BCUT2D eigenvalue weighted by atomic mass is 16.5. The van der Waals surface area contributed by atoms with Crippen LogP contribution < -0.4 is 9.64 Å². The number of hydrogen-bond acceptors (Lipinski definition) is 6. The summed E-state index contributed by atoms with van der Waals surface area (Å²) < 4.78 is 5.54. The Morgan fingerprint density at radius 3 is 2.48 bits per heavy atom. The van der Waals surface area contributed by atoms with Gasteiger partial charge in [-0.25, -0.2) is 0 Å². The van der Waals surface area contributed by atoms with Gasteiger partial charge in [0.2, 0.25) is 5.91 Å². The average molecular weight is 583 g/mol. The van der Waals surface area contributed by atoms with E-state index in [2.05, 4.69) is 31.7 Å². The van der Waals surface area contributed by atoms with Gasteiger partial charge >= 0.3 is 0 Å². The number of anilines is 1. The van der Waals surface area contributed by atoms with Crippen LogP contribution in [0.5, 0.6) is 5.75 Å². The first-order valence-corrected chi connectivity index (χ1v) is 16.8. The molecule has 0 bridgehead atoms. The maximum Gasteiger partial charge on any atom is 0.222 e. The highest BCUT2D eigenvalue weighted by molar-refractivity contribution is 5.76. The Balaban J connectivity index is 1.07. The topological polar surface area (TPSA) is 93.5 Å². The van der Waals surface area contributed by atoms with Gasteiger partial charge in [0.05, 0.1) is 31.1 Å². The van der Waals surface area contributed by atoms with Gasteiger partial charge in [0, 0.05) is 32.6 Å². The van der Waals surface area contributed by atoms with Crippen LogP contribution in [-0.2, 0) is 4.79 Å². The molecule has 7 nitrogen and oxygen atoms in total. The molecule has 0 radical (unpaired) electrons. The molecule has 5 aliphatic rings. The number of hydrogen-bond donors (Lipinski definition) is 3. The van der Waals surface area contributed by atoms with E-state index >= 15 is 0 Å². The van der Waals surface area contributed by atoms with Gasteiger partial charge in [-0.15, -0.1) is 0 Å². The van der Waals surface area contributed by atoms with Gasteiger partial charge in [0.15, 0.2) is 0 Å². The molecule has 6 rings (SSSR count). The largest absolute Gasteiger partial charge is 0.495 e. The lowest BCUT2D eigenvalue weighted by Gasteiger charge is -2.63. The van der Waals surface area contributed by atoms with Crippen LogP contribution >= 0.6 is 0 Å². The van der Waals surface area contributed by atoms with E-state index in [1.54, 1.807) is 7.11 Å². The molecule has 4 saturated carbocycles. The van der Waals surface area contributed by atoms with Crippen LogP contribution in [0.1, 0.15) is 78.6 Å². The van der Waals surface area contributed by atoms with Crippen LogP contribution in [0.15, 0.2) is 24.3 Å². The Kier molecular flexibility index (Phi) is 8.34. The van der Waals surface area contributed by atoms with Crippen LogP contribution in [-0.4, -0.2) is 77.7 Å². The first-order valence-electron chi connectivity index (χ1n) is 16.8. The lowest BCUT2D eigenvalue weighted by atomic mass is 9.43. The number of carbonyl (C=O) groups excluding carboxylic acids is 1. The summed E-state index contributed by atoms with van der Waals surface area (Å²) in [6.07, 6.45) is 6.73. The van der Waals surface area contributed by atoms with Crippen LogP contribution in [0, 0.1) is 46.3 Å². The Hall–Kier alpha value is -1.83. The number of nitrogens with zero attached hydrogens (tertiary/aromatic N) is 2. The van der Waals surface area contributed by atoms with Gasteiger partial charge in [-0.2, -0.15) is 0 Å². The summed E-state index contributed by atoms with van der Waals surface area (Å²) in [6, 6.07) is 8.08. The second-order valence-corrected chi connectivity index (χ2v) is 15.1. The summed E-state index contributed by atoms with van der Waals surface area (Å²) in [5.74, 6) is 3.03. The average Bonchev–Trinajstić information content (AvgIpc) is 3.35. The van der Waals surface area contributed by atoms with E-state index in [1.165, 1.54) is 0 Å². The standard InChI is InChI=1S/C35H54N2O5/c1-22(9-12-32(41)37-17-15-36(16-18-37)28-7-5-6-8-30(28)42-4)25-10-11-26-33-27(21-31(40)35(25,26)3)34(2)14-13-24(38)19-23(34)20-29(33)39/h5-8,22-27,29,31,33,38-40H,9-21H2,1-4H3. The van der Waals surface area contributed by atoms with E-state index < -0.39 is 0 Å². The number of benzene rings is 1. The number of methoxy groups -OCH3 is 1. The molecule has 1 heterocycles. The van der Waals surface area contributed by atoms with E-state index in [1.807, 2.05) is 23.1 Å². The summed E-state index contributed by atoms with van der Waals surface area (Å²) >= 11 is 0. The predicted molar refractivity (Wildman–Crippen MR) is 164 cm³/mol. The lowest BCUT2D eigenvalue weighted by Crippen LogP contribution is -2.62. The summed E-state index contributed by atoms with van der Waals surface area (Å²) in [5, 5.41) is 33.8. The van der Waals surface area contributed by atoms with Gasteiger partial charge in [-0.1, -0.05) is 32.9 Å². The highest BCUT2D eigenvalue weighted by Crippen LogP contribution is 2.68. The minimum absolute atomic E-state index is 0.0945. The summed E-state index contributed by atoms with van der Waals surface area (Å²) in [4.78, 5) is 17.6. The second-order valence-electron chi connectivity index (χ2n) is 15.1. The number of aliphatic hydroxyl groups is 3. The van der Waals surface area contributed by atoms with Crippen molar-refractivity contribution in [3.63, 3.8) is 0 Å². The first-order chi connectivity index (χ1) is 20.1. The number of carbonyl (C=O) groups is 1. The SMILES string of the molecule is COc1ccccc1N1CCN(C(=O)CCC(C)C2CCC3C4C(O)CC5CC(O)CCC5(C)C4CC(O)C23C)CC1. The monoisotopic (exact) mass is 582 g/mol. The summed E-state index contributed by atoms with van der Waals surface area (Å²) in [5.41, 5.74) is 0.964. The van der Waals surface area contributed by atoms with Crippen molar-refractivity contribution in [2.75, 3.05) is 38.2 Å². The fourth-order valence-corrected chi connectivity index (χ4v) is 10.9. The number of para-hydroxylation sites is 2. The van der Waals surface area contributed by atoms with Crippen molar-refractivity contribution in [1.29, 1.82) is 0 Å². The van der Waals surface area contributed by atoms with Crippen LogP contribution in [0.3, 0.4) is 0 Å². The molecule has 1 aromatic carbocycles. The van der Waals surface area contributed by atoms with Gasteiger partial charge in [-0.3, -0.25) is 4.79 Å². The Bertz CT molecular complexity index is 1120. The zero-order valence-electron chi connectivity index (χ0n) is 26.3. The third-order valence-electron chi connectivity index (χ3n) is 13.4. The number of amides is 1. The van der Waals surface area contributed by atoms with Crippen molar-refractivity contribution in [2.45, 2.75) is 96.9 Å². The number of aliphatic hydroxyl groups excluding tert-OH is 3. The van der Waals surface area contributed by atoms with Crippen LogP contribution in [0.25, 0.3) is 0 Å². The van der Waals surface area contributed by atoms with E-state index in [4.69, 9.17) is 4.74 Å². The number of ether oxygens (including phenoxy) is 1.